The summed E-state index contributed by atoms with van der Waals surface area (Å²) in [4.78, 5) is 14.1. The molecule has 0 bridgehead atoms. The molecule has 2 aliphatic rings. The van der Waals surface area contributed by atoms with Crippen LogP contribution in [0.5, 0.6) is 0 Å². The average molecular weight is 240 g/mol. The van der Waals surface area contributed by atoms with E-state index in [-0.39, 0.29) is 12.1 Å². The molecule has 1 unspecified atom stereocenters. The standard InChI is InChI=1S/C13H24N2O2/c1-15-7-4-12(5-8-15)17-13(16)9-11-3-2-6-14-10-11/h11-12,14H,2-10H2,1H3. The summed E-state index contributed by atoms with van der Waals surface area (Å²) in [5, 5.41) is 3.34. The predicted octanol–water partition coefficient (Wildman–Crippen LogP) is 1.01. The van der Waals surface area contributed by atoms with Crippen molar-refractivity contribution in [1.82, 2.24) is 10.2 Å². The van der Waals surface area contributed by atoms with E-state index in [0.717, 1.165) is 45.4 Å². The Morgan fingerprint density at radius 3 is 2.76 bits per heavy atom. The van der Waals surface area contributed by atoms with E-state index in [4.69, 9.17) is 4.74 Å². The number of nitrogens with zero attached hydrogens (tertiary/aromatic N) is 1. The molecule has 2 aliphatic heterocycles. The molecule has 0 amide bonds. The van der Waals surface area contributed by atoms with Gasteiger partial charge in [0.25, 0.3) is 0 Å². The molecule has 0 aromatic carbocycles. The van der Waals surface area contributed by atoms with Crippen molar-refractivity contribution in [2.45, 2.75) is 38.2 Å². The zero-order chi connectivity index (χ0) is 12.1. The molecule has 2 fully saturated rings. The lowest BCUT2D eigenvalue weighted by Crippen LogP contribution is -2.36. The number of carbonyl (C=O) groups is 1. The van der Waals surface area contributed by atoms with Gasteiger partial charge in [-0.15, -0.1) is 0 Å². The maximum absolute atomic E-state index is 11.8. The second-order valence-corrected chi connectivity index (χ2v) is 5.41. The Kier molecular flexibility index (Phi) is 4.80. The van der Waals surface area contributed by atoms with Gasteiger partial charge in [0.1, 0.15) is 6.10 Å². The van der Waals surface area contributed by atoms with Gasteiger partial charge in [-0.3, -0.25) is 4.79 Å². The molecule has 0 aromatic rings. The topological polar surface area (TPSA) is 41.6 Å². The van der Waals surface area contributed by atoms with Gasteiger partial charge in [0.15, 0.2) is 0 Å². The van der Waals surface area contributed by atoms with Crippen molar-refractivity contribution < 1.29 is 9.53 Å². The van der Waals surface area contributed by atoms with E-state index >= 15 is 0 Å². The highest BCUT2D eigenvalue weighted by Crippen LogP contribution is 2.17. The number of likely N-dealkylation sites (tertiary alicyclic amines) is 1. The molecule has 98 valence electrons. The van der Waals surface area contributed by atoms with E-state index in [0.29, 0.717) is 12.3 Å². The average Bonchev–Trinajstić information content (AvgIpc) is 2.33. The number of hydrogen-bond acceptors (Lipinski definition) is 4. The van der Waals surface area contributed by atoms with Gasteiger partial charge < -0.3 is 15.0 Å². The molecule has 0 aromatic heterocycles. The van der Waals surface area contributed by atoms with Crippen LogP contribution in [0.2, 0.25) is 0 Å². The Hall–Kier alpha value is -0.610. The first-order valence-corrected chi connectivity index (χ1v) is 6.83. The summed E-state index contributed by atoms with van der Waals surface area (Å²) in [7, 11) is 2.12. The lowest BCUT2D eigenvalue weighted by molar-refractivity contribution is -0.152. The quantitative estimate of drug-likeness (QED) is 0.748. The van der Waals surface area contributed by atoms with Gasteiger partial charge in [-0.1, -0.05) is 0 Å². The predicted molar refractivity (Wildman–Crippen MR) is 66.8 cm³/mol. The number of esters is 1. The van der Waals surface area contributed by atoms with Crippen molar-refractivity contribution in [3.63, 3.8) is 0 Å². The van der Waals surface area contributed by atoms with E-state index < -0.39 is 0 Å². The SMILES string of the molecule is CN1CCC(OC(=O)CC2CCCNC2)CC1. The molecule has 0 radical (unpaired) electrons. The van der Waals surface area contributed by atoms with Crippen LogP contribution in [-0.2, 0) is 9.53 Å². The molecular weight excluding hydrogens is 216 g/mol. The molecule has 2 rings (SSSR count). The molecule has 1 N–H and O–H groups in total. The fourth-order valence-corrected chi connectivity index (χ4v) is 2.67. The summed E-state index contributed by atoms with van der Waals surface area (Å²) in [5.41, 5.74) is 0. The van der Waals surface area contributed by atoms with E-state index in [1.807, 2.05) is 0 Å². The molecule has 0 aliphatic carbocycles. The highest BCUT2D eigenvalue weighted by Gasteiger charge is 2.23. The molecule has 17 heavy (non-hydrogen) atoms. The minimum Gasteiger partial charge on any atom is -0.462 e. The Morgan fingerprint density at radius 2 is 2.12 bits per heavy atom. The van der Waals surface area contributed by atoms with Gasteiger partial charge in [-0.05, 0) is 51.7 Å². The zero-order valence-electron chi connectivity index (χ0n) is 10.8. The lowest BCUT2D eigenvalue weighted by Gasteiger charge is -2.29. The van der Waals surface area contributed by atoms with E-state index in [2.05, 4.69) is 17.3 Å². The molecule has 0 saturated carbocycles. The van der Waals surface area contributed by atoms with Crippen LogP contribution in [0.4, 0.5) is 0 Å². The van der Waals surface area contributed by atoms with Gasteiger partial charge >= 0.3 is 5.97 Å². The summed E-state index contributed by atoms with van der Waals surface area (Å²) < 4.78 is 5.55. The van der Waals surface area contributed by atoms with Gasteiger partial charge in [-0.2, -0.15) is 0 Å². The number of piperidine rings is 2. The monoisotopic (exact) mass is 240 g/mol. The van der Waals surface area contributed by atoms with Crippen LogP contribution in [-0.4, -0.2) is 50.2 Å². The maximum Gasteiger partial charge on any atom is 0.306 e. The van der Waals surface area contributed by atoms with Crippen molar-refractivity contribution in [1.29, 1.82) is 0 Å². The number of rotatable bonds is 3. The second kappa shape index (κ2) is 6.36. The van der Waals surface area contributed by atoms with E-state index in [9.17, 15) is 4.79 Å². The van der Waals surface area contributed by atoms with E-state index in [1.165, 1.54) is 6.42 Å². The Bertz CT molecular complexity index is 244. The fraction of sp³-hybridized carbons (Fsp3) is 0.923. The third kappa shape index (κ3) is 4.28. The fourth-order valence-electron chi connectivity index (χ4n) is 2.67. The van der Waals surface area contributed by atoms with E-state index in [1.54, 1.807) is 0 Å². The summed E-state index contributed by atoms with van der Waals surface area (Å²) in [5.74, 6) is 0.496. The van der Waals surface area contributed by atoms with Crippen LogP contribution in [0.1, 0.15) is 32.1 Å². The smallest absolute Gasteiger partial charge is 0.306 e. The van der Waals surface area contributed by atoms with Crippen LogP contribution >= 0.6 is 0 Å². The van der Waals surface area contributed by atoms with Gasteiger partial charge in [-0.25, -0.2) is 0 Å². The van der Waals surface area contributed by atoms with Gasteiger partial charge in [0.05, 0.1) is 0 Å². The number of ether oxygens (including phenoxy) is 1. The summed E-state index contributed by atoms with van der Waals surface area (Å²) in [6.45, 7) is 4.16. The van der Waals surface area contributed by atoms with Crippen LogP contribution < -0.4 is 5.32 Å². The Labute approximate surface area is 104 Å². The molecule has 4 heteroatoms. The van der Waals surface area contributed by atoms with Crippen LogP contribution in [0.15, 0.2) is 0 Å². The van der Waals surface area contributed by atoms with Crippen molar-refractivity contribution in [3.8, 4) is 0 Å². The van der Waals surface area contributed by atoms with Crippen molar-refractivity contribution in [3.05, 3.63) is 0 Å². The maximum atomic E-state index is 11.8. The number of carbonyl (C=O) groups excluding carboxylic acids is 1. The van der Waals surface area contributed by atoms with Crippen molar-refractivity contribution >= 4 is 5.97 Å². The van der Waals surface area contributed by atoms with Gasteiger partial charge in [0.2, 0.25) is 0 Å². The van der Waals surface area contributed by atoms with Gasteiger partial charge in [0, 0.05) is 19.5 Å². The molecule has 0 spiro atoms. The molecule has 4 nitrogen and oxygen atoms in total. The zero-order valence-corrected chi connectivity index (χ0v) is 10.8. The first kappa shape index (κ1) is 12.8. The first-order valence-electron chi connectivity index (χ1n) is 6.83. The molecule has 2 saturated heterocycles. The van der Waals surface area contributed by atoms with Crippen LogP contribution in [0.25, 0.3) is 0 Å². The van der Waals surface area contributed by atoms with Crippen molar-refractivity contribution in [2.75, 3.05) is 33.2 Å². The molecule has 1 atom stereocenters. The lowest BCUT2D eigenvalue weighted by atomic mass is 9.96. The summed E-state index contributed by atoms with van der Waals surface area (Å²) >= 11 is 0. The summed E-state index contributed by atoms with van der Waals surface area (Å²) in [6.07, 6.45) is 5.09. The highest BCUT2D eigenvalue weighted by atomic mass is 16.5. The molecular formula is C13H24N2O2. The Morgan fingerprint density at radius 1 is 1.35 bits per heavy atom. The minimum atomic E-state index is 0.00764. The number of nitrogens with one attached hydrogen (secondary N) is 1. The van der Waals surface area contributed by atoms with Crippen molar-refractivity contribution in [2.24, 2.45) is 5.92 Å². The summed E-state index contributed by atoms with van der Waals surface area (Å²) in [6, 6.07) is 0. The highest BCUT2D eigenvalue weighted by molar-refractivity contribution is 5.69. The largest absolute Gasteiger partial charge is 0.462 e. The van der Waals surface area contributed by atoms with Crippen LogP contribution in [0.3, 0.4) is 0 Å². The minimum absolute atomic E-state index is 0.00764. The number of hydrogen-bond donors (Lipinski definition) is 1. The first-order chi connectivity index (χ1) is 8.24. The third-order valence-electron chi connectivity index (χ3n) is 3.82. The second-order valence-electron chi connectivity index (χ2n) is 5.41. The normalized spacial score (nSPS) is 27.9. The van der Waals surface area contributed by atoms with Crippen LogP contribution in [0, 0.1) is 5.92 Å². The molecule has 2 heterocycles. The third-order valence-corrected chi connectivity index (χ3v) is 3.82. The Balaban J connectivity index is 1.66.